The first-order valence-corrected chi connectivity index (χ1v) is 6.02. The highest BCUT2D eigenvalue weighted by molar-refractivity contribution is 8.13. The lowest BCUT2D eigenvalue weighted by Crippen LogP contribution is -2.30. The first-order chi connectivity index (χ1) is 7.04. The molecule has 0 radical (unpaired) electrons. The van der Waals surface area contributed by atoms with E-state index < -0.39 is 0 Å². The minimum Gasteiger partial charge on any atom is -0.292 e. The van der Waals surface area contributed by atoms with E-state index in [1.54, 1.807) is 7.05 Å². The maximum atomic E-state index is 5.86. The van der Waals surface area contributed by atoms with Gasteiger partial charge in [0.1, 0.15) is 0 Å². The van der Waals surface area contributed by atoms with E-state index in [4.69, 9.17) is 17.4 Å². The van der Waals surface area contributed by atoms with Gasteiger partial charge in [-0.05, 0) is 36.9 Å². The molecule has 82 valence electrons. The lowest BCUT2D eigenvalue weighted by molar-refractivity contribution is 0.550. The molecule has 0 heterocycles. The fourth-order valence-corrected chi connectivity index (χ4v) is 1.82. The van der Waals surface area contributed by atoms with Crippen LogP contribution in [0.5, 0.6) is 0 Å². The summed E-state index contributed by atoms with van der Waals surface area (Å²) in [4.78, 5) is 4.44. The van der Waals surface area contributed by atoms with E-state index in [0.717, 1.165) is 21.4 Å². The Kier molecular flexibility index (Phi) is 4.45. The van der Waals surface area contributed by atoms with E-state index in [2.05, 4.69) is 4.99 Å². The summed E-state index contributed by atoms with van der Waals surface area (Å²) >= 11 is 7.36. The third kappa shape index (κ3) is 3.41. The number of nitrogens with zero attached hydrogens (tertiary/aromatic N) is 2. The normalized spacial score (nSPS) is 11.7. The zero-order valence-corrected chi connectivity index (χ0v) is 10.6. The summed E-state index contributed by atoms with van der Waals surface area (Å²) in [5.41, 5.74) is 1.93. The minimum absolute atomic E-state index is 0.721. The first-order valence-electron chi connectivity index (χ1n) is 4.42. The van der Waals surface area contributed by atoms with Crippen molar-refractivity contribution in [3.8, 4) is 0 Å². The molecule has 0 saturated carbocycles. The Bertz CT molecular complexity index is 377. The molecule has 3 nitrogen and oxygen atoms in total. The Morgan fingerprint density at radius 1 is 1.53 bits per heavy atom. The number of nitrogens with two attached hydrogens (primary N) is 1. The van der Waals surface area contributed by atoms with Crippen molar-refractivity contribution < 1.29 is 0 Å². The fourth-order valence-electron chi connectivity index (χ4n) is 1.12. The van der Waals surface area contributed by atoms with Crippen LogP contribution in [0.3, 0.4) is 0 Å². The molecule has 0 aliphatic rings. The van der Waals surface area contributed by atoms with Crippen molar-refractivity contribution >= 4 is 34.2 Å². The number of halogens is 1. The van der Waals surface area contributed by atoms with Gasteiger partial charge < -0.3 is 0 Å². The van der Waals surface area contributed by atoms with Gasteiger partial charge >= 0.3 is 0 Å². The van der Waals surface area contributed by atoms with Crippen LogP contribution in [0.25, 0.3) is 0 Å². The number of hydrogen-bond donors (Lipinski definition) is 1. The smallest absolute Gasteiger partial charge is 0.178 e. The van der Waals surface area contributed by atoms with E-state index in [0.29, 0.717) is 0 Å². The topological polar surface area (TPSA) is 41.6 Å². The summed E-state index contributed by atoms with van der Waals surface area (Å²) in [6.45, 7) is 1.97. The number of aryl methyl sites for hydroxylation is 1. The average Bonchev–Trinajstić information content (AvgIpc) is 2.16. The molecule has 0 bridgehead atoms. The SMILES string of the molecule is CSC(=Nc1ccc(Cl)cc1C)N(C)N. The molecule has 0 unspecified atom stereocenters. The fraction of sp³-hybridized carbons (Fsp3) is 0.300. The van der Waals surface area contributed by atoms with E-state index in [1.165, 1.54) is 16.8 Å². The summed E-state index contributed by atoms with van der Waals surface area (Å²) in [6.07, 6.45) is 1.94. The second-order valence-electron chi connectivity index (χ2n) is 3.14. The molecule has 2 N–H and O–H groups in total. The van der Waals surface area contributed by atoms with Gasteiger partial charge in [0.05, 0.1) is 5.69 Å². The van der Waals surface area contributed by atoms with Crippen molar-refractivity contribution in [3.63, 3.8) is 0 Å². The number of amidine groups is 1. The van der Waals surface area contributed by atoms with Crippen LogP contribution in [-0.4, -0.2) is 23.5 Å². The number of aliphatic imine (C=N–C) groups is 1. The predicted octanol–water partition coefficient (Wildman–Crippen LogP) is 2.80. The zero-order chi connectivity index (χ0) is 11.4. The van der Waals surface area contributed by atoms with Crippen LogP contribution in [0.2, 0.25) is 5.02 Å². The molecular formula is C10H14ClN3S. The third-order valence-corrected chi connectivity index (χ3v) is 2.84. The zero-order valence-electron chi connectivity index (χ0n) is 8.99. The lowest BCUT2D eigenvalue weighted by Gasteiger charge is -2.13. The Labute approximate surface area is 99.3 Å². The van der Waals surface area contributed by atoms with Crippen molar-refractivity contribution in [2.45, 2.75) is 6.92 Å². The van der Waals surface area contributed by atoms with Gasteiger partial charge in [0, 0.05) is 12.1 Å². The number of rotatable bonds is 1. The summed E-state index contributed by atoms with van der Waals surface area (Å²) in [7, 11) is 1.76. The van der Waals surface area contributed by atoms with E-state index >= 15 is 0 Å². The van der Waals surface area contributed by atoms with Crippen LogP contribution < -0.4 is 5.84 Å². The maximum Gasteiger partial charge on any atom is 0.178 e. The van der Waals surface area contributed by atoms with Crippen LogP contribution in [0.4, 0.5) is 5.69 Å². The Balaban J connectivity index is 3.06. The highest BCUT2D eigenvalue weighted by Crippen LogP contribution is 2.23. The van der Waals surface area contributed by atoms with Gasteiger partial charge in [-0.2, -0.15) is 0 Å². The number of thioether (sulfide) groups is 1. The van der Waals surface area contributed by atoms with Gasteiger partial charge in [-0.25, -0.2) is 10.8 Å². The van der Waals surface area contributed by atoms with E-state index in [1.807, 2.05) is 31.4 Å². The molecule has 0 atom stereocenters. The first kappa shape index (κ1) is 12.4. The number of benzene rings is 1. The van der Waals surface area contributed by atoms with Crippen LogP contribution in [0.15, 0.2) is 23.2 Å². The van der Waals surface area contributed by atoms with Crippen LogP contribution in [-0.2, 0) is 0 Å². The molecule has 15 heavy (non-hydrogen) atoms. The average molecular weight is 244 g/mol. The van der Waals surface area contributed by atoms with Gasteiger partial charge in [-0.3, -0.25) is 5.01 Å². The van der Waals surface area contributed by atoms with Crippen molar-refractivity contribution in [1.82, 2.24) is 5.01 Å². The monoisotopic (exact) mass is 243 g/mol. The van der Waals surface area contributed by atoms with Gasteiger partial charge in [-0.1, -0.05) is 23.4 Å². The molecule has 0 fully saturated rings. The van der Waals surface area contributed by atoms with Crippen molar-refractivity contribution in [3.05, 3.63) is 28.8 Å². The number of hydrazine groups is 1. The van der Waals surface area contributed by atoms with Crippen molar-refractivity contribution in [2.24, 2.45) is 10.8 Å². The van der Waals surface area contributed by atoms with Gasteiger partial charge in [0.2, 0.25) is 0 Å². The minimum atomic E-state index is 0.721. The summed E-state index contributed by atoms with van der Waals surface area (Å²) < 4.78 is 0. The standard InChI is InChI=1S/C10H14ClN3S/c1-7-6-8(11)4-5-9(7)13-10(15-3)14(2)12/h4-6H,12H2,1-3H3. The molecule has 0 saturated heterocycles. The lowest BCUT2D eigenvalue weighted by atomic mass is 10.2. The van der Waals surface area contributed by atoms with Crippen molar-refractivity contribution in [1.29, 1.82) is 0 Å². The summed E-state index contributed by atoms with van der Waals surface area (Å²) in [5, 5.41) is 2.98. The molecule has 5 heteroatoms. The van der Waals surface area contributed by atoms with Gasteiger partial charge in [0.25, 0.3) is 0 Å². The highest BCUT2D eigenvalue weighted by atomic mass is 35.5. The molecule has 0 spiro atoms. The molecule has 1 aromatic carbocycles. The molecule has 1 aromatic rings. The molecular weight excluding hydrogens is 230 g/mol. The quantitative estimate of drug-likeness (QED) is 0.357. The molecule has 0 aliphatic carbocycles. The highest BCUT2D eigenvalue weighted by Gasteiger charge is 2.03. The Hall–Kier alpha value is -0.710. The molecule has 0 aromatic heterocycles. The second-order valence-corrected chi connectivity index (χ2v) is 4.35. The van der Waals surface area contributed by atoms with E-state index in [9.17, 15) is 0 Å². The summed E-state index contributed by atoms with van der Waals surface area (Å²) in [5.74, 6) is 5.63. The van der Waals surface area contributed by atoms with Crippen molar-refractivity contribution in [2.75, 3.05) is 13.3 Å². The Morgan fingerprint density at radius 3 is 2.67 bits per heavy atom. The van der Waals surface area contributed by atoms with Gasteiger partial charge in [0.15, 0.2) is 5.17 Å². The van der Waals surface area contributed by atoms with Gasteiger partial charge in [-0.15, -0.1) is 0 Å². The summed E-state index contributed by atoms with van der Waals surface area (Å²) in [6, 6.07) is 5.59. The van der Waals surface area contributed by atoms with Crippen LogP contribution in [0, 0.1) is 6.92 Å². The Morgan fingerprint density at radius 2 is 2.20 bits per heavy atom. The largest absolute Gasteiger partial charge is 0.292 e. The number of hydrogen-bond acceptors (Lipinski definition) is 3. The third-order valence-electron chi connectivity index (χ3n) is 1.86. The van der Waals surface area contributed by atoms with Crippen LogP contribution in [0.1, 0.15) is 5.56 Å². The predicted molar refractivity (Wildman–Crippen MR) is 68.7 cm³/mol. The van der Waals surface area contributed by atoms with Crippen LogP contribution >= 0.6 is 23.4 Å². The maximum absolute atomic E-state index is 5.86. The molecule has 0 amide bonds. The molecule has 1 rings (SSSR count). The second kappa shape index (κ2) is 5.39. The molecule has 0 aliphatic heterocycles. The van der Waals surface area contributed by atoms with E-state index in [-0.39, 0.29) is 0 Å².